The van der Waals surface area contributed by atoms with E-state index in [-0.39, 0.29) is 0 Å². The van der Waals surface area contributed by atoms with Crippen LogP contribution in [0.4, 0.5) is 5.69 Å². The highest BCUT2D eigenvalue weighted by molar-refractivity contribution is 5.58. The number of aryl methyl sites for hydroxylation is 1. The number of hydrogen-bond acceptors (Lipinski definition) is 1. The first kappa shape index (κ1) is 8.61. The van der Waals surface area contributed by atoms with Gasteiger partial charge in [0.2, 0.25) is 0 Å². The topological polar surface area (TPSA) is 12.0 Å². The van der Waals surface area contributed by atoms with Gasteiger partial charge < -0.3 is 5.32 Å². The second kappa shape index (κ2) is 3.06. The number of fused-ring (bicyclic) bond motifs is 1. The minimum Gasteiger partial charge on any atom is -0.384 e. The van der Waals surface area contributed by atoms with Crippen LogP contribution in [-0.2, 0) is 0 Å². The maximum Gasteiger partial charge on any atom is 0.0376 e. The summed E-state index contributed by atoms with van der Waals surface area (Å²) in [5.74, 6) is 1.44. The Morgan fingerprint density at radius 3 is 2.85 bits per heavy atom. The van der Waals surface area contributed by atoms with Crippen molar-refractivity contribution < 1.29 is 0 Å². The van der Waals surface area contributed by atoms with E-state index >= 15 is 0 Å². The van der Waals surface area contributed by atoms with Crippen LogP contribution in [0.5, 0.6) is 0 Å². The van der Waals surface area contributed by atoms with Crippen LogP contribution in [0.1, 0.15) is 30.9 Å². The van der Waals surface area contributed by atoms with Gasteiger partial charge in [-0.25, -0.2) is 0 Å². The van der Waals surface area contributed by atoms with Gasteiger partial charge in [0.15, 0.2) is 0 Å². The molecule has 0 radical (unpaired) electrons. The van der Waals surface area contributed by atoms with E-state index in [0.717, 1.165) is 12.5 Å². The van der Waals surface area contributed by atoms with Crippen molar-refractivity contribution in [3.8, 4) is 0 Å². The maximum atomic E-state index is 3.46. The summed E-state index contributed by atoms with van der Waals surface area (Å²) in [4.78, 5) is 0. The summed E-state index contributed by atoms with van der Waals surface area (Å²) in [5, 5.41) is 3.46. The smallest absolute Gasteiger partial charge is 0.0376 e. The van der Waals surface area contributed by atoms with Gasteiger partial charge in [-0.05, 0) is 24.5 Å². The molecular formula is C12H17N. The van der Waals surface area contributed by atoms with Gasteiger partial charge in [0.1, 0.15) is 0 Å². The molecule has 1 aromatic carbocycles. The summed E-state index contributed by atoms with van der Waals surface area (Å²) >= 11 is 0. The quantitative estimate of drug-likeness (QED) is 0.691. The molecule has 0 saturated heterocycles. The lowest BCUT2D eigenvalue weighted by atomic mass is 9.90. The normalized spacial score (nSPS) is 20.2. The molecule has 1 nitrogen and oxygen atoms in total. The molecule has 0 bridgehead atoms. The predicted molar refractivity (Wildman–Crippen MR) is 57.2 cm³/mol. The Kier molecular flexibility index (Phi) is 2.03. The van der Waals surface area contributed by atoms with Crippen molar-refractivity contribution in [3.63, 3.8) is 0 Å². The first-order chi connectivity index (χ1) is 6.18. The highest BCUT2D eigenvalue weighted by Gasteiger charge is 2.24. The fraction of sp³-hybridized carbons (Fsp3) is 0.500. The second-order valence-corrected chi connectivity index (χ2v) is 4.32. The number of hydrogen-bond donors (Lipinski definition) is 1. The van der Waals surface area contributed by atoms with Crippen molar-refractivity contribution in [1.29, 1.82) is 0 Å². The van der Waals surface area contributed by atoms with E-state index in [4.69, 9.17) is 0 Å². The molecule has 0 unspecified atom stereocenters. The Hall–Kier alpha value is -0.980. The van der Waals surface area contributed by atoms with Crippen LogP contribution >= 0.6 is 0 Å². The minimum absolute atomic E-state index is 0.704. The van der Waals surface area contributed by atoms with Crippen molar-refractivity contribution in [2.24, 2.45) is 5.92 Å². The third kappa shape index (κ3) is 1.43. The van der Waals surface area contributed by atoms with E-state index in [1.165, 1.54) is 16.8 Å². The van der Waals surface area contributed by atoms with Crippen LogP contribution in [0.3, 0.4) is 0 Å². The van der Waals surface area contributed by atoms with Gasteiger partial charge in [-0.1, -0.05) is 31.5 Å². The zero-order valence-electron chi connectivity index (χ0n) is 8.59. The number of nitrogens with one attached hydrogen (secondary N) is 1. The van der Waals surface area contributed by atoms with Gasteiger partial charge in [0.05, 0.1) is 0 Å². The molecule has 13 heavy (non-hydrogen) atoms. The van der Waals surface area contributed by atoms with E-state index in [1.807, 2.05) is 0 Å². The van der Waals surface area contributed by atoms with Gasteiger partial charge in [-0.2, -0.15) is 0 Å². The Morgan fingerprint density at radius 2 is 2.15 bits per heavy atom. The number of rotatable bonds is 1. The molecule has 0 amide bonds. The molecule has 0 fully saturated rings. The van der Waals surface area contributed by atoms with Gasteiger partial charge in [-0.3, -0.25) is 0 Å². The van der Waals surface area contributed by atoms with Crippen LogP contribution < -0.4 is 5.32 Å². The summed E-state index contributed by atoms with van der Waals surface area (Å²) < 4.78 is 0. The lowest BCUT2D eigenvalue weighted by molar-refractivity contribution is 0.533. The Labute approximate surface area is 80.2 Å². The molecule has 1 heterocycles. The van der Waals surface area contributed by atoms with E-state index in [0.29, 0.717) is 5.92 Å². The van der Waals surface area contributed by atoms with Gasteiger partial charge in [0, 0.05) is 18.2 Å². The van der Waals surface area contributed by atoms with Crippen LogP contribution in [0.2, 0.25) is 0 Å². The molecule has 0 aromatic heterocycles. The standard InChI is InChI=1S/C12H17N/c1-8(2)11-7-13-12-5-4-9(3)6-10(11)12/h4-6,8,11,13H,7H2,1-3H3/t11-/m0/s1. The van der Waals surface area contributed by atoms with Crippen molar-refractivity contribution in [2.75, 3.05) is 11.9 Å². The maximum absolute atomic E-state index is 3.46. The highest BCUT2D eigenvalue weighted by Crippen LogP contribution is 2.36. The summed E-state index contributed by atoms with van der Waals surface area (Å²) in [7, 11) is 0. The average Bonchev–Trinajstić information content (AvgIpc) is 2.46. The molecule has 0 aliphatic carbocycles. The summed E-state index contributed by atoms with van der Waals surface area (Å²) in [5.41, 5.74) is 4.22. The van der Waals surface area contributed by atoms with Crippen molar-refractivity contribution in [3.05, 3.63) is 29.3 Å². The Morgan fingerprint density at radius 1 is 1.38 bits per heavy atom. The van der Waals surface area contributed by atoms with Gasteiger partial charge in [0.25, 0.3) is 0 Å². The lowest BCUT2D eigenvalue weighted by Crippen LogP contribution is -2.08. The van der Waals surface area contributed by atoms with Crippen LogP contribution in [0, 0.1) is 12.8 Å². The molecule has 70 valence electrons. The zero-order chi connectivity index (χ0) is 9.42. The lowest BCUT2D eigenvalue weighted by Gasteiger charge is -2.14. The molecule has 1 aromatic rings. The number of benzene rings is 1. The molecule has 1 atom stereocenters. The fourth-order valence-corrected chi connectivity index (χ4v) is 2.07. The van der Waals surface area contributed by atoms with Gasteiger partial charge >= 0.3 is 0 Å². The van der Waals surface area contributed by atoms with Crippen LogP contribution in [-0.4, -0.2) is 6.54 Å². The molecular weight excluding hydrogens is 158 g/mol. The Balaban J connectivity index is 2.40. The summed E-state index contributed by atoms with van der Waals surface area (Å²) in [6.07, 6.45) is 0. The first-order valence-corrected chi connectivity index (χ1v) is 5.03. The van der Waals surface area contributed by atoms with Crippen LogP contribution in [0.25, 0.3) is 0 Å². The summed E-state index contributed by atoms with van der Waals surface area (Å²) in [6.45, 7) is 7.86. The molecule has 1 N–H and O–H groups in total. The van der Waals surface area contributed by atoms with Gasteiger partial charge in [-0.15, -0.1) is 0 Å². The third-order valence-electron chi connectivity index (χ3n) is 2.92. The second-order valence-electron chi connectivity index (χ2n) is 4.32. The minimum atomic E-state index is 0.704. The third-order valence-corrected chi connectivity index (χ3v) is 2.92. The van der Waals surface area contributed by atoms with Crippen molar-refractivity contribution >= 4 is 5.69 Å². The van der Waals surface area contributed by atoms with E-state index in [1.54, 1.807) is 0 Å². The van der Waals surface area contributed by atoms with E-state index < -0.39 is 0 Å². The SMILES string of the molecule is Cc1ccc2c(c1)[C@H](C(C)C)CN2. The van der Waals surface area contributed by atoms with Crippen LogP contribution in [0.15, 0.2) is 18.2 Å². The molecule has 1 heteroatoms. The van der Waals surface area contributed by atoms with Crippen molar-refractivity contribution in [1.82, 2.24) is 0 Å². The molecule has 1 aliphatic rings. The zero-order valence-corrected chi connectivity index (χ0v) is 8.59. The Bertz CT molecular complexity index is 315. The largest absolute Gasteiger partial charge is 0.384 e. The van der Waals surface area contributed by atoms with E-state index in [9.17, 15) is 0 Å². The summed E-state index contributed by atoms with van der Waals surface area (Å²) in [6, 6.07) is 6.70. The van der Waals surface area contributed by atoms with Crippen molar-refractivity contribution in [2.45, 2.75) is 26.7 Å². The molecule has 2 rings (SSSR count). The highest BCUT2D eigenvalue weighted by atomic mass is 14.9. The molecule has 0 spiro atoms. The predicted octanol–water partition coefficient (Wildman–Crippen LogP) is 3.16. The number of anilines is 1. The monoisotopic (exact) mass is 175 g/mol. The average molecular weight is 175 g/mol. The molecule has 0 saturated carbocycles. The first-order valence-electron chi connectivity index (χ1n) is 5.03. The molecule has 1 aliphatic heterocycles. The van der Waals surface area contributed by atoms with E-state index in [2.05, 4.69) is 44.3 Å². The fourth-order valence-electron chi connectivity index (χ4n) is 2.07.